The summed E-state index contributed by atoms with van der Waals surface area (Å²) in [5.41, 5.74) is 3.40. The van der Waals surface area contributed by atoms with E-state index < -0.39 is 0 Å². The molecule has 0 bridgehead atoms. The van der Waals surface area contributed by atoms with E-state index in [1.165, 1.54) is 0 Å². The number of aryl methyl sites for hydroxylation is 1. The standard InChI is InChI=1S/C21H26N6O2/c1-13-6-7-18(22-11-13)15-8-16(19(29)23-14(2)12-28)10-17(9-15)27-20(21(3,4)5)24-25-26-27/h6-11,14,28H,12H2,1-5H3,(H,23,29). The van der Waals surface area contributed by atoms with E-state index in [0.29, 0.717) is 17.1 Å². The predicted molar refractivity (Wildman–Crippen MR) is 110 cm³/mol. The molecule has 0 fully saturated rings. The average molecular weight is 394 g/mol. The number of carbonyl (C=O) groups is 1. The second kappa shape index (κ2) is 8.08. The molecule has 0 aliphatic heterocycles. The maximum Gasteiger partial charge on any atom is 0.251 e. The van der Waals surface area contributed by atoms with Gasteiger partial charge in [0.05, 0.1) is 18.0 Å². The summed E-state index contributed by atoms with van der Waals surface area (Å²) >= 11 is 0. The summed E-state index contributed by atoms with van der Waals surface area (Å²) in [5, 5.41) is 24.2. The molecule has 1 amide bonds. The molecule has 8 heteroatoms. The molecule has 2 N–H and O–H groups in total. The summed E-state index contributed by atoms with van der Waals surface area (Å²) in [7, 11) is 0. The minimum atomic E-state index is -0.356. The van der Waals surface area contributed by atoms with Crippen LogP contribution in [-0.4, -0.2) is 48.9 Å². The van der Waals surface area contributed by atoms with Crippen molar-refractivity contribution >= 4 is 5.91 Å². The fourth-order valence-electron chi connectivity index (χ4n) is 2.83. The molecular weight excluding hydrogens is 368 g/mol. The smallest absolute Gasteiger partial charge is 0.251 e. The molecular formula is C21H26N6O2. The molecule has 1 aromatic carbocycles. The number of aromatic nitrogens is 5. The van der Waals surface area contributed by atoms with Crippen LogP contribution in [-0.2, 0) is 5.41 Å². The Morgan fingerprint density at radius 3 is 2.62 bits per heavy atom. The highest BCUT2D eigenvalue weighted by Crippen LogP contribution is 2.26. The van der Waals surface area contributed by atoms with Gasteiger partial charge in [-0.2, -0.15) is 4.68 Å². The largest absolute Gasteiger partial charge is 0.394 e. The first-order valence-corrected chi connectivity index (χ1v) is 9.48. The highest BCUT2D eigenvalue weighted by Gasteiger charge is 2.24. The van der Waals surface area contributed by atoms with Crippen LogP contribution in [0.4, 0.5) is 0 Å². The minimum Gasteiger partial charge on any atom is -0.394 e. The fourth-order valence-corrected chi connectivity index (χ4v) is 2.83. The molecule has 0 saturated heterocycles. The molecule has 0 aliphatic rings. The number of rotatable bonds is 5. The topological polar surface area (TPSA) is 106 Å². The average Bonchev–Trinajstić information content (AvgIpc) is 3.18. The van der Waals surface area contributed by atoms with E-state index in [0.717, 1.165) is 16.8 Å². The van der Waals surface area contributed by atoms with Gasteiger partial charge in [-0.25, -0.2) is 0 Å². The van der Waals surface area contributed by atoms with Gasteiger partial charge in [0.25, 0.3) is 5.91 Å². The Morgan fingerprint density at radius 2 is 2.00 bits per heavy atom. The zero-order valence-corrected chi connectivity index (χ0v) is 17.3. The summed E-state index contributed by atoms with van der Waals surface area (Å²) in [5.74, 6) is 0.397. The predicted octanol–water partition coefficient (Wildman–Crippen LogP) is 2.44. The minimum absolute atomic E-state index is 0.140. The van der Waals surface area contributed by atoms with Crippen LogP contribution in [0.2, 0.25) is 0 Å². The lowest BCUT2D eigenvalue weighted by Crippen LogP contribution is -2.35. The van der Waals surface area contributed by atoms with Gasteiger partial charge in [0.15, 0.2) is 5.82 Å². The number of carbonyl (C=O) groups excluding carboxylic acids is 1. The third kappa shape index (κ3) is 4.65. The van der Waals surface area contributed by atoms with Crippen LogP contribution in [0.5, 0.6) is 0 Å². The maximum absolute atomic E-state index is 12.8. The van der Waals surface area contributed by atoms with Gasteiger partial charge in [0.2, 0.25) is 0 Å². The van der Waals surface area contributed by atoms with Gasteiger partial charge in [0, 0.05) is 28.8 Å². The van der Waals surface area contributed by atoms with Crippen molar-refractivity contribution in [1.82, 2.24) is 30.5 Å². The van der Waals surface area contributed by atoms with Gasteiger partial charge in [-0.1, -0.05) is 26.8 Å². The lowest BCUT2D eigenvalue weighted by Gasteiger charge is -2.18. The van der Waals surface area contributed by atoms with E-state index in [4.69, 9.17) is 0 Å². The molecule has 1 atom stereocenters. The van der Waals surface area contributed by atoms with Crippen LogP contribution in [0.25, 0.3) is 16.9 Å². The van der Waals surface area contributed by atoms with E-state index in [9.17, 15) is 9.90 Å². The summed E-state index contributed by atoms with van der Waals surface area (Å²) in [6.07, 6.45) is 1.78. The number of hydrogen-bond donors (Lipinski definition) is 2. The zero-order valence-electron chi connectivity index (χ0n) is 17.3. The SMILES string of the molecule is Cc1ccc(-c2cc(C(=O)NC(C)CO)cc(-n3nnnc3C(C)(C)C)c2)nc1. The van der Waals surface area contributed by atoms with Crippen molar-refractivity contribution < 1.29 is 9.90 Å². The van der Waals surface area contributed by atoms with E-state index in [1.54, 1.807) is 29.9 Å². The van der Waals surface area contributed by atoms with Crippen LogP contribution in [0, 0.1) is 6.92 Å². The van der Waals surface area contributed by atoms with Crippen molar-refractivity contribution in [3.8, 4) is 16.9 Å². The number of benzene rings is 1. The number of nitrogens with zero attached hydrogens (tertiary/aromatic N) is 5. The number of aliphatic hydroxyl groups is 1. The maximum atomic E-state index is 12.8. The number of nitrogens with one attached hydrogen (secondary N) is 1. The Morgan fingerprint density at radius 1 is 1.24 bits per heavy atom. The van der Waals surface area contributed by atoms with Crippen LogP contribution in [0.1, 0.15) is 49.4 Å². The summed E-state index contributed by atoms with van der Waals surface area (Å²) in [6, 6.07) is 8.96. The Labute approximate surface area is 170 Å². The van der Waals surface area contributed by atoms with Crippen molar-refractivity contribution in [2.75, 3.05) is 6.61 Å². The first-order valence-electron chi connectivity index (χ1n) is 9.48. The Hall–Kier alpha value is -3.13. The molecule has 0 spiro atoms. The van der Waals surface area contributed by atoms with Crippen molar-refractivity contribution in [1.29, 1.82) is 0 Å². The van der Waals surface area contributed by atoms with Gasteiger partial charge < -0.3 is 10.4 Å². The lowest BCUT2D eigenvalue weighted by atomic mass is 9.95. The Bertz CT molecular complexity index is 1000. The molecule has 2 aromatic heterocycles. The molecule has 0 aliphatic carbocycles. The molecule has 8 nitrogen and oxygen atoms in total. The second-order valence-electron chi connectivity index (χ2n) is 8.21. The molecule has 2 heterocycles. The Kier molecular flexibility index (Phi) is 5.74. The third-order valence-electron chi connectivity index (χ3n) is 4.42. The number of aliphatic hydroxyl groups excluding tert-OH is 1. The van der Waals surface area contributed by atoms with Crippen LogP contribution in [0.3, 0.4) is 0 Å². The normalized spacial score (nSPS) is 12.6. The van der Waals surface area contributed by atoms with Crippen LogP contribution >= 0.6 is 0 Å². The van der Waals surface area contributed by atoms with Gasteiger partial charge in [-0.05, 0) is 54.1 Å². The molecule has 1 unspecified atom stereocenters. The molecule has 3 rings (SSSR count). The van der Waals surface area contributed by atoms with Crippen molar-refractivity contribution in [3.63, 3.8) is 0 Å². The third-order valence-corrected chi connectivity index (χ3v) is 4.42. The highest BCUT2D eigenvalue weighted by molar-refractivity contribution is 5.96. The quantitative estimate of drug-likeness (QED) is 0.688. The first kappa shape index (κ1) is 20.6. The number of amides is 1. The van der Waals surface area contributed by atoms with E-state index >= 15 is 0 Å². The van der Waals surface area contributed by atoms with Crippen LogP contribution < -0.4 is 5.32 Å². The van der Waals surface area contributed by atoms with Crippen molar-refractivity contribution in [3.05, 3.63) is 53.5 Å². The molecule has 0 radical (unpaired) electrons. The molecule has 152 valence electrons. The summed E-state index contributed by atoms with van der Waals surface area (Å²) in [6.45, 7) is 9.65. The van der Waals surface area contributed by atoms with E-state index in [-0.39, 0.29) is 24.0 Å². The van der Waals surface area contributed by atoms with Gasteiger partial charge in [0.1, 0.15) is 0 Å². The number of hydrogen-bond acceptors (Lipinski definition) is 6. The second-order valence-corrected chi connectivity index (χ2v) is 8.21. The highest BCUT2D eigenvalue weighted by atomic mass is 16.3. The fraction of sp³-hybridized carbons (Fsp3) is 0.381. The molecule has 0 saturated carbocycles. The van der Waals surface area contributed by atoms with Crippen molar-refractivity contribution in [2.24, 2.45) is 0 Å². The lowest BCUT2D eigenvalue weighted by molar-refractivity contribution is 0.0922. The van der Waals surface area contributed by atoms with E-state index in [1.807, 2.05) is 45.9 Å². The summed E-state index contributed by atoms with van der Waals surface area (Å²) in [4.78, 5) is 17.2. The van der Waals surface area contributed by atoms with Gasteiger partial charge >= 0.3 is 0 Å². The van der Waals surface area contributed by atoms with Gasteiger partial charge in [-0.3, -0.25) is 9.78 Å². The Balaban J connectivity index is 2.14. The van der Waals surface area contributed by atoms with Crippen molar-refractivity contribution in [2.45, 2.75) is 46.1 Å². The monoisotopic (exact) mass is 394 g/mol. The summed E-state index contributed by atoms with van der Waals surface area (Å²) < 4.78 is 1.64. The first-order chi connectivity index (χ1) is 13.7. The number of tetrazole rings is 1. The molecule has 3 aromatic rings. The molecule has 29 heavy (non-hydrogen) atoms. The number of pyridine rings is 1. The zero-order chi connectivity index (χ0) is 21.2. The van der Waals surface area contributed by atoms with E-state index in [2.05, 4.69) is 25.8 Å². The van der Waals surface area contributed by atoms with Crippen LogP contribution in [0.15, 0.2) is 36.5 Å². The van der Waals surface area contributed by atoms with Gasteiger partial charge in [-0.15, -0.1) is 5.10 Å².